The van der Waals surface area contributed by atoms with E-state index in [1.165, 1.54) is 27.3 Å². The van der Waals surface area contributed by atoms with Gasteiger partial charge in [-0.3, -0.25) is 4.79 Å². The van der Waals surface area contributed by atoms with Gasteiger partial charge in [0.1, 0.15) is 17.5 Å². The molecule has 0 radical (unpaired) electrons. The van der Waals surface area contributed by atoms with Gasteiger partial charge in [0.25, 0.3) is 0 Å². The minimum Gasteiger partial charge on any atom is -0.351 e. The van der Waals surface area contributed by atoms with Crippen molar-refractivity contribution in [2.24, 2.45) is 0 Å². The second kappa shape index (κ2) is 10.2. The summed E-state index contributed by atoms with van der Waals surface area (Å²) >= 11 is 0. The van der Waals surface area contributed by atoms with Crippen molar-refractivity contribution in [1.82, 2.24) is 29.4 Å². The minimum absolute atomic E-state index is 0.0177. The number of aromatic nitrogens is 4. The Hall–Kier alpha value is -3.39. The molecule has 1 aliphatic rings. The number of carbonyl (C=O) groups is 1. The number of amides is 1. The van der Waals surface area contributed by atoms with Crippen molar-refractivity contribution >= 4 is 15.9 Å². The monoisotopic (exact) mass is 540 g/mol. The van der Waals surface area contributed by atoms with Gasteiger partial charge in [-0.05, 0) is 50.5 Å². The number of aryl methyl sites for hydroxylation is 1. The van der Waals surface area contributed by atoms with E-state index in [9.17, 15) is 30.8 Å². The lowest BCUT2D eigenvalue weighted by atomic mass is 10.1. The van der Waals surface area contributed by atoms with Gasteiger partial charge < -0.3 is 5.32 Å². The second-order valence-corrected chi connectivity index (χ2v) is 10.5. The van der Waals surface area contributed by atoms with Crippen LogP contribution in [0.3, 0.4) is 0 Å². The largest absolute Gasteiger partial charge is 0.451 e. The Morgan fingerprint density at radius 1 is 1.14 bits per heavy atom. The fraction of sp³-hybridized carbons (Fsp3) is 0.391. The summed E-state index contributed by atoms with van der Waals surface area (Å²) < 4.78 is 80.6. The Morgan fingerprint density at radius 3 is 2.38 bits per heavy atom. The Balaban J connectivity index is 1.49. The van der Waals surface area contributed by atoms with Crippen molar-refractivity contribution in [1.29, 1.82) is 0 Å². The van der Waals surface area contributed by atoms with Crippen LogP contribution in [0.4, 0.5) is 17.6 Å². The number of rotatable bonds is 7. The van der Waals surface area contributed by atoms with Crippen molar-refractivity contribution in [3.63, 3.8) is 0 Å². The van der Waals surface area contributed by atoms with E-state index < -0.39 is 39.8 Å². The third-order valence-electron chi connectivity index (χ3n) is 6.21. The predicted molar refractivity (Wildman–Crippen MR) is 123 cm³/mol. The molecular weight excluding hydrogens is 516 g/mol. The molecule has 9 nitrogen and oxygen atoms in total. The highest BCUT2D eigenvalue weighted by Gasteiger charge is 2.44. The molecule has 37 heavy (non-hydrogen) atoms. The summed E-state index contributed by atoms with van der Waals surface area (Å²) in [4.78, 5) is 19.7. The molecule has 1 aliphatic heterocycles. The van der Waals surface area contributed by atoms with Crippen LogP contribution in [-0.4, -0.2) is 50.5 Å². The molecule has 2 aromatic heterocycles. The van der Waals surface area contributed by atoms with E-state index in [1.54, 1.807) is 6.92 Å². The lowest BCUT2D eigenvalue weighted by molar-refractivity contribution is -0.145. The number of alkyl halides is 3. The molecule has 1 fully saturated rings. The highest BCUT2D eigenvalue weighted by molar-refractivity contribution is 7.89. The van der Waals surface area contributed by atoms with E-state index in [-0.39, 0.29) is 23.2 Å². The third kappa shape index (κ3) is 5.49. The number of nitrogens with one attached hydrogen (secondary N) is 1. The molecule has 1 saturated heterocycles. The third-order valence-corrected chi connectivity index (χ3v) is 8.19. The number of benzene rings is 1. The van der Waals surface area contributed by atoms with E-state index in [2.05, 4.69) is 20.4 Å². The van der Waals surface area contributed by atoms with E-state index in [0.717, 1.165) is 24.5 Å². The zero-order valence-electron chi connectivity index (χ0n) is 19.9. The molecule has 3 aromatic rings. The zero-order chi connectivity index (χ0) is 27.0. The SMILES string of the molecule is CC[C@H]1CC[C@@H](C(=O)NCc2cn(-c3cnc(C(F)(F)F)nc3)nc2C)N1S(=O)(=O)c1ccc(F)cc1. The molecule has 1 N–H and O–H groups in total. The number of halogens is 4. The second-order valence-electron chi connectivity index (χ2n) is 8.61. The normalized spacial score (nSPS) is 18.8. The van der Waals surface area contributed by atoms with Crippen LogP contribution >= 0.6 is 0 Å². The van der Waals surface area contributed by atoms with Gasteiger partial charge in [-0.1, -0.05) is 6.92 Å². The van der Waals surface area contributed by atoms with Crippen LogP contribution in [-0.2, 0) is 27.5 Å². The first kappa shape index (κ1) is 26.7. The smallest absolute Gasteiger partial charge is 0.351 e. The van der Waals surface area contributed by atoms with Crippen LogP contribution in [0.15, 0.2) is 47.8 Å². The number of hydrogen-bond acceptors (Lipinski definition) is 6. The summed E-state index contributed by atoms with van der Waals surface area (Å²) in [7, 11) is -4.05. The van der Waals surface area contributed by atoms with Crippen molar-refractivity contribution in [3.8, 4) is 5.69 Å². The standard InChI is InChI=1S/C23H24F4N6O3S/c1-3-17-6-9-20(33(17)37(35,36)19-7-4-16(24)5-8-19)21(34)28-10-15-13-32(31-14(15)2)18-11-29-22(30-12-18)23(25,26)27/h4-5,7-8,11-13,17,20H,3,6,9-10H2,1-2H3,(H,28,34)/t17-,20-/m0/s1. The highest BCUT2D eigenvalue weighted by atomic mass is 32.2. The fourth-order valence-electron chi connectivity index (χ4n) is 4.27. The first-order chi connectivity index (χ1) is 17.4. The molecule has 0 aliphatic carbocycles. The zero-order valence-corrected chi connectivity index (χ0v) is 20.7. The number of carbonyl (C=O) groups excluding carboxylic acids is 1. The first-order valence-corrected chi connectivity index (χ1v) is 12.9. The molecule has 0 unspecified atom stereocenters. The lowest BCUT2D eigenvalue weighted by Crippen LogP contribution is -2.48. The Morgan fingerprint density at radius 2 is 1.78 bits per heavy atom. The summed E-state index contributed by atoms with van der Waals surface area (Å²) in [5, 5.41) is 6.99. The van der Waals surface area contributed by atoms with Crippen LogP contribution in [0.25, 0.3) is 5.69 Å². The first-order valence-electron chi connectivity index (χ1n) is 11.4. The van der Waals surface area contributed by atoms with E-state index in [4.69, 9.17) is 0 Å². The summed E-state index contributed by atoms with van der Waals surface area (Å²) in [6.07, 6.45) is 0.177. The van der Waals surface area contributed by atoms with Crippen LogP contribution in [0, 0.1) is 12.7 Å². The average Bonchev–Trinajstić information content (AvgIpc) is 3.46. The molecule has 2 atom stereocenters. The maximum Gasteiger partial charge on any atom is 0.451 e. The Labute approximate surface area is 210 Å². The topological polar surface area (TPSA) is 110 Å². The van der Waals surface area contributed by atoms with Crippen molar-refractivity contribution < 1.29 is 30.8 Å². The minimum atomic E-state index is -4.66. The van der Waals surface area contributed by atoms with Crippen LogP contribution in [0.1, 0.15) is 43.3 Å². The van der Waals surface area contributed by atoms with Gasteiger partial charge >= 0.3 is 6.18 Å². The molecule has 1 aromatic carbocycles. The van der Waals surface area contributed by atoms with Gasteiger partial charge in [0.05, 0.1) is 23.0 Å². The van der Waals surface area contributed by atoms with Crippen LogP contribution in [0.5, 0.6) is 0 Å². The Bertz CT molecular complexity index is 1370. The number of hydrogen-bond donors (Lipinski definition) is 1. The van der Waals surface area contributed by atoms with E-state index >= 15 is 0 Å². The van der Waals surface area contributed by atoms with Crippen molar-refractivity contribution in [2.45, 2.75) is 62.8 Å². The van der Waals surface area contributed by atoms with Crippen molar-refractivity contribution in [2.75, 3.05) is 0 Å². The van der Waals surface area contributed by atoms with E-state index in [0.29, 0.717) is 30.5 Å². The summed E-state index contributed by atoms with van der Waals surface area (Å²) in [5.74, 6) is -2.33. The maximum atomic E-state index is 13.3. The van der Waals surface area contributed by atoms with Crippen LogP contribution in [0.2, 0.25) is 0 Å². The molecule has 4 rings (SSSR count). The average molecular weight is 541 g/mol. The molecular formula is C23H24F4N6O3S. The van der Waals surface area contributed by atoms with Gasteiger partial charge in [0.15, 0.2) is 0 Å². The summed E-state index contributed by atoms with van der Waals surface area (Å²) in [6.45, 7) is 3.52. The molecule has 3 heterocycles. The molecule has 14 heteroatoms. The van der Waals surface area contributed by atoms with Gasteiger partial charge in [-0.25, -0.2) is 27.5 Å². The molecule has 0 spiro atoms. The quantitative estimate of drug-likeness (QED) is 0.460. The van der Waals surface area contributed by atoms with Crippen LogP contribution < -0.4 is 5.32 Å². The molecule has 0 bridgehead atoms. The van der Waals surface area contributed by atoms with E-state index in [1.807, 2.05) is 6.92 Å². The van der Waals surface area contributed by atoms with Gasteiger partial charge in [0.2, 0.25) is 21.8 Å². The summed E-state index contributed by atoms with van der Waals surface area (Å²) in [6, 6.07) is 3.14. The number of sulfonamides is 1. The van der Waals surface area contributed by atoms with Gasteiger partial charge in [-0.2, -0.15) is 22.6 Å². The summed E-state index contributed by atoms with van der Waals surface area (Å²) in [5.41, 5.74) is 1.28. The molecule has 198 valence electrons. The van der Waals surface area contributed by atoms with Gasteiger partial charge in [-0.15, -0.1) is 0 Å². The van der Waals surface area contributed by atoms with Crippen molar-refractivity contribution in [3.05, 3.63) is 65.8 Å². The predicted octanol–water partition coefficient (Wildman–Crippen LogP) is 3.38. The number of nitrogens with zero attached hydrogens (tertiary/aromatic N) is 5. The Kier molecular flexibility index (Phi) is 7.33. The fourth-order valence-corrected chi connectivity index (χ4v) is 6.18. The van der Waals surface area contributed by atoms with Gasteiger partial charge in [0, 0.05) is 24.3 Å². The lowest BCUT2D eigenvalue weighted by Gasteiger charge is -2.28. The molecule has 1 amide bonds. The maximum absolute atomic E-state index is 13.3. The highest BCUT2D eigenvalue weighted by Crippen LogP contribution is 2.33. The molecule has 0 saturated carbocycles.